The molecule has 1 aliphatic heterocycles. The summed E-state index contributed by atoms with van der Waals surface area (Å²) >= 11 is 0. The van der Waals surface area contributed by atoms with Gasteiger partial charge in [0.15, 0.2) is 0 Å². The van der Waals surface area contributed by atoms with Gasteiger partial charge in [-0.05, 0) is 52.0 Å². The van der Waals surface area contributed by atoms with Crippen LogP contribution < -0.4 is 11.1 Å². The quantitative estimate of drug-likeness (QED) is 0.612. The minimum Gasteiger partial charge on any atom is -0.330 e. The fraction of sp³-hybridized carbons (Fsp3) is 1.00. The van der Waals surface area contributed by atoms with Crippen molar-refractivity contribution in [1.82, 2.24) is 10.2 Å². The zero-order chi connectivity index (χ0) is 8.97. The van der Waals surface area contributed by atoms with Gasteiger partial charge in [-0.3, -0.25) is 0 Å². The zero-order valence-corrected chi connectivity index (χ0v) is 8.21. The van der Waals surface area contributed by atoms with Gasteiger partial charge in [-0.2, -0.15) is 0 Å². The summed E-state index contributed by atoms with van der Waals surface area (Å²) in [4.78, 5) is 2.23. The predicted octanol–water partition coefficient (Wildman–Crippen LogP) is -0.268. The van der Waals surface area contributed by atoms with Crippen LogP contribution in [0, 0.1) is 11.8 Å². The summed E-state index contributed by atoms with van der Waals surface area (Å²) in [7, 11) is 4.23. The molecule has 0 aromatic rings. The van der Waals surface area contributed by atoms with Gasteiger partial charge in [0.1, 0.15) is 0 Å². The second-order valence-electron chi connectivity index (χ2n) is 4.01. The molecule has 2 atom stereocenters. The van der Waals surface area contributed by atoms with Crippen LogP contribution in [-0.2, 0) is 0 Å². The summed E-state index contributed by atoms with van der Waals surface area (Å²) < 4.78 is 0. The van der Waals surface area contributed by atoms with Gasteiger partial charge in [0.25, 0.3) is 0 Å². The fourth-order valence-corrected chi connectivity index (χ4v) is 1.96. The monoisotopic (exact) mass is 171 g/mol. The molecule has 1 rings (SSSR count). The van der Waals surface area contributed by atoms with E-state index in [-0.39, 0.29) is 0 Å². The van der Waals surface area contributed by atoms with E-state index < -0.39 is 0 Å². The van der Waals surface area contributed by atoms with Crippen LogP contribution in [0.2, 0.25) is 0 Å². The fourth-order valence-electron chi connectivity index (χ4n) is 1.96. The summed E-state index contributed by atoms with van der Waals surface area (Å²) in [5.41, 5.74) is 5.75. The molecule has 3 heteroatoms. The highest BCUT2D eigenvalue weighted by atomic mass is 15.1. The maximum Gasteiger partial charge on any atom is 0.00188 e. The van der Waals surface area contributed by atoms with Crippen molar-refractivity contribution in [2.45, 2.75) is 6.42 Å². The molecular formula is C9H21N3. The average molecular weight is 171 g/mol. The van der Waals surface area contributed by atoms with Crippen LogP contribution >= 0.6 is 0 Å². The molecule has 72 valence electrons. The lowest BCUT2D eigenvalue weighted by atomic mass is 9.91. The van der Waals surface area contributed by atoms with Crippen LogP contribution in [0.5, 0.6) is 0 Å². The first-order valence-electron chi connectivity index (χ1n) is 4.79. The molecule has 3 N–H and O–H groups in total. The number of hydrogen-bond donors (Lipinski definition) is 2. The van der Waals surface area contributed by atoms with E-state index in [0.29, 0.717) is 5.92 Å². The Balaban J connectivity index is 2.32. The summed E-state index contributed by atoms with van der Waals surface area (Å²) in [6.45, 7) is 4.29. The van der Waals surface area contributed by atoms with Gasteiger partial charge in [0.05, 0.1) is 0 Å². The number of rotatable bonds is 4. The van der Waals surface area contributed by atoms with Crippen molar-refractivity contribution in [3.63, 3.8) is 0 Å². The molecule has 0 aliphatic carbocycles. The van der Waals surface area contributed by atoms with Crippen molar-refractivity contribution >= 4 is 0 Å². The van der Waals surface area contributed by atoms with Gasteiger partial charge in [0.2, 0.25) is 0 Å². The predicted molar refractivity (Wildman–Crippen MR) is 52.1 cm³/mol. The molecule has 1 fully saturated rings. The molecule has 0 radical (unpaired) electrons. The first-order chi connectivity index (χ1) is 5.74. The first kappa shape index (κ1) is 9.96. The molecule has 1 aliphatic rings. The molecule has 0 spiro atoms. The Morgan fingerprint density at radius 2 is 2.33 bits per heavy atom. The second kappa shape index (κ2) is 4.80. The van der Waals surface area contributed by atoms with Crippen LogP contribution in [0.3, 0.4) is 0 Å². The lowest BCUT2D eigenvalue weighted by molar-refractivity contribution is 0.262. The standard InChI is InChI=1S/C9H21N3/c1-12(2)7-9(5-10)8-3-4-11-6-8/h8-9,11H,3-7,10H2,1-2H3. The van der Waals surface area contributed by atoms with Crippen molar-refractivity contribution in [3.05, 3.63) is 0 Å². The molecule has 0 aromatic heterocycles. The SMILES string of the molecule is CN(C)CC(CN)C1CCNC1. The third-order valence-electron chi connectivity index (χ3n) is 2.67. The summed E-state index contributed by atoms with van der Waals surface area (Å²) in [6, 6.07) is 0. The molecule has 0 bridgehead atoms. The van der Waals surface area contributed by atoms with E-state index in [1.54, 1.807) is 0 Å². The van der Waals surface area contributed by atoms with Gasteiger partial charge in [-0.15, -0.1) is 0 Å². The molecule has 1 saturated heterocycles. The van der Waals surface area contributed by atoms with Crippen molar-refractivity contribution < 1.29 is 0 Å². The minimum atomic E-state index is 0.676. The Kier molecular flexibility index (Phi) is 3.98. The maximum atomic E-state index is 5.75. The highest BCUT2D eigenvalue weighted by Gasteiger charge is 2.23. The smallest absolute Gasteiger partial charge is 0.00188 e. The summed E-state index contributed by atoms with van der Waals surface area (Å²) in [6.07, 6.45) is 1.30. The molecular weight excluding hydrogens is 150 g/mol. The van der Waals surface area contributed by atoms with Crippen LogP contribution in [0.15, 0.2) is 0 Å². The Bertz CT molecular complexity index is 119. The highest BCUT2D eigenvalue weighted by Crippen LogP contribution is 2.18. The molecule has 12 heavy (non-hydrogen) atoms. The molecule has 0 amide bonds. The number of nitrogens with zero attached hydrogens (tertiary/aromatic N) is 1. The zero-order valence-electron chi connectivity index (χ0n) is 8.21. The Labute approximate surface area is 75.3 Å². The molecule has 0 aromatic carbocycles. The van der Waals surface area contributed by atoms with Gasteiger partial charge in [0, 0.05) is 6.54 Å². The Morgan fingerprint density at radius 3 is 2.75 bits per heavy atom. The van der Waals surface area contributed by atoms with Gasteiger partial charge < -0.3 is 16.0 Å². The van der Waals surface area contributed by atoms with Crippen molar-refractivity contribution in [3.8, 4) is 0 Å². The molecule has 1 heterocycles. The van der Waals surface area contributed by atoms with Crippen molar-refractivity contribution in [2.24, 2.45) is 17.6 Å². The topological polar surface area (TPSA) is 41.3 Å². The summed E-state index contributed by atoms with van der Waals surface area (Å²) in [5.74, 6) is 1.48. The summed E-state index contributed by atoms with van der Waals surface area (Å²) in [5, 5.41) is 3.39. The van der Waals surface area contributed by atoms with E-state index in [1.165, 1.54) is 13.0 Å². The van der Waals surface area contributed by atoms with E-state index in [9.17, 15) is 0 Å². The Hall–Kier alpha value is -0.120. The number of hydrogen-bond acceptors (Lipinski definition) is 3. The Morgan fingerprint density at radius 1 is 1.58 bits per heavy atom. The van der Waals surface area contributed by atoms with Crippen LogP contribution in [0.25, 0.3) is 0 Å². The van der Waals surface area contributed by atoms with Crippen LogP contribution in [0.1, 0.15) is 6.42 Å². The second-order valence-corrected chi connectivity index (χ2v) is 4.01. The van der Waals surface area contributed by atoms with Gasteiger partial charge in [-0.1, -0.05) is 0 Å². The minimum absolute atomic E-state index is 0.676. The third kappa shape index (κ3) is 2.73. The van der Waals surface area contributed by atoms with Crippen LogP contribution in [-0.4, -0.2) is 45.2 Å². The van der Waals surface area contributed by atoms with Crippen molar-refractivity contribution in [1.29, 1.82) is 0 Å². The number of nitrogens with one attached hydrogen (secondary N) is 1. The molecule has 3 nitrogen and oxygen atoms in total. The lowest BCUT2D eigenvalue weighted by Crippen LogP contribution is -2.34. The van der Waals surface area contributed by atoms with Crippen LogP contribution in [0.4, 0.5) is 0 Å². The van der Waals surface area contributed by atoms with Crippen molar-refractivity contribution in [2.75, 3.05) is 40.3 Å². The molecule has 0 saturated carbocycles. The average Bonchev–Trinajstić information content (AvgIpc) is 2.51. The van der Waals surface area contributed by atoms with E-state index >= 15 is 0 Å². The largest absolute Gasteiger partial charge is 0.330 e. The number of nitrogens with two attached hydrogens (primary N) is 1. The maximum absolute atomic E-state index is 5.75. The van der Waals surface area contributed by atoms with E-state index in [2.05, 4.69) is 24.3 Å². The van der Waals surface area contributed by atoms with E-state index in [4.69, 9.17) is 5.73 Å². The lowest BCUT2D eigenvalue weighted by Gasteiger charge is -2.24. The first-order valence-corrected chi connectivity index (χ1v) is 4.79. The van der Waals surface area contributed by atoms with Gasteiger partial charge >= 0.3 is 0 Å². The van der Waals surface area contributed by atoms with E-state index in [1.807, 2.05) is 0 Å². The molecule has 2 unspecified atom stereocenters. The van der Waals surface area contributed by atoms with E-state index in [0.717, 1.165) is 25.6 Å². The highest BCUT2D eigenvalue weighted by molar-refractivity contribution is 4.79. The van der Waals surface area contributed by atoms with Gasteiger partial charge in [-0.25, -0.2) is 0 Å². The normalized spacial score (nSPS) is 26.5. The third-order valence-corrected chi connectivity index (χ3v) is 2.67.